The summed E-state index contributed by atoms with van der Waals surface area (Å²) in [5, 5.41) is 7.62. The van der Waals surface area contributed by atoms with Gasteiger partial charge in [-0.1, -0.05) is 11.3 Å². The van der Waals surface area contributed by atoms with Crippen LogP contribution in [0, 0.1) is 0 Å². The lowest BCUT2D eigenvalue weighted by atomic mass is 9.97. The van der Waals surface area contributed by atoms with E-state index in [9.17, 15) is 4.39 Å². The third-order valence-electron chi connectivity index (χ3n) is 6.06. The van der Waals surface area contributed by atoms with E-state index >= 15 is 4.39 Å². The largest absolute Gasteiger partial charge is 0.496 e. The normalized spacial score (nSPS) is 16.6. The number of rotatable bonds is 7. The topological polar surface area (TPSA) is 83.9 Å². The third kappa shape index (κ3) is 4.22. The van der Waals surface area contributed by atoms with E-state index in [1.807, 2.05) is 11.4 Å². The minimum Gasteiger partial charge on any atom is -0.496 e. The number of aromatic nitrogens is 4. The van der Waals surface area contributed by atoms with Gasteiger partial charge >= 0.3 is 0 Å². The van der Waals surface area contributed by atoms with Gasteiger partial charge in [0.05, 0.1) is 37.6 Å². The predicted octanol–water partition coefficient (Wildman–Crippen LogP) is 6.25. The molecule has 188 valence electrons. The Balaban J connectivity index is 1.27. The zero-order chi connectivity index (χ0) is 24.9. The number of furan rings is 1. The van der Waals surface area contributed by atoms with Gasteiger partial charge in [0.1, 0.15) is 34.4 Å². The van der Waals surface area contributed by atoms with Crippen molar-refractivity contribution in [3.63, 3.8) is 0 Å². The highest BCUT2D eigenvalue weighted by Gasteiger charge is 2.37. The van der Waals surface area contributed by atoms with Gasteiger partial charge in [-0.05, 0) is 13.0 Å². The molecule has 0 amide bonds. The second-order valence-corrected chi connectivity index (χ2v) is 10.4. The molecule has 0 bridgehead atoms. The van der Waals surface area contributed by atoms with Gasteiger partial charge in [-0.15, -0.1) is 11.3 Å². The Labute approximate surface area is 212 Å². The van der Waals surface area contributed by atoms with Crippen LogP contribution in [0.1, 0.15) is 41.6 Å². The molecule has 1 fully saturated rings. The average molecular weight is 533 g/mol. The first-order valence-corrected chi connectivity index (χ1v) is 13.1. The number of nitrogens with zero attached hydrogens (tertiary/aromatic N) is 4. The van der Waals surface area contributed by atoms with Crippen molar-refractivity contribution in [2.24, 2.45) is 0 Å². The van der Waals surface area contributed by atoms with Crippen LogP contribution in [0.3, 0.4) is 0 Å². The molecule has 12 heteroatoms. The van der Waals surface area contributed by atoms with Gasteiger partial charge in [0, 0.05) is 30.4 Å². The number of thiazole rings is 1. The molecule has 1 unspecified atom stereocenters. The Morgan fingerprint density at radius 2 is 2.06 bits per heavy atom. The SMILES string of the molecule is COc1cc(OCc2csc(C3(F)CCOCC3)n2)c2cc(-c3cn4nc(C(C)F)sc4n3)oc2c1. The van der Waals surface area contributed by atoms with Gasteiger partial charge in [0.25, 0.3) is 0 Å². The summed E-state index contributed by atoms with van der Waals surface area (Å²) < 4.78 is 53.2. The summed E-state index contributed by atoms with van der Waals surface area (Å²) in [5.41, 5.74) is 0.337. The molecule has 1 atom stereocenters. The van der Waals surface area contributed by atoms with Gasteiger partial charge in [0.2, 0.25) is 4.96 Å². The van der Waals surface area contributed by atoms with Crippen LogP contribution in [0.15, 0.2) is 34.2 Å². The molecular formula is C24H22F2N4O4S2. The monoisotopic (exact) mass is 532 g/mol. The Morgan fingerprint density at radius 1 is 1.22 bits per heavy atom. The molecule has 0 spiro atoms. The van der Waals surface area contributed by atoms with Gasteiger partial charge < -0.3 is 18.6 Å². The lowest BCUT2D eigenvalue weighted by Crippen LogP contribution is -2.29. The molecule has 4 aromatic heterocycles. The highest BCUT2D eigenvalue weighted by atomic mass is 32.1. The van der Waals surface area contributed by atoms with Gasteiger partial charge in [-0.25, -0.2) is 23.3 Å². The van der Waals surface area contributed by atoms with Gasteiger partial charge in [0.15, 0.2) is 22.6 Å². The van der Waals surface area contributed by atoms with E-state index in [1.54, 1.807) is 30.0 Å². The van der Waals surface area contributed by atoms with Crippen LogP contribution in [0.25, 0.3) is 27.4 Å². The summed E-state index contributed by atoms with van der Waals surface area (Å²) in [4.78, 5) is 9.61. The van der Waals surface area contributed by atoms with Crippen LogP contribution >= 0.6 is 22.7 Å². The van der Waals surface area contributed by atoms with Crippen LogP contribution < -0.4 is 9.47 Å². The molecule has 1 saturated heterocycles. The minimum absolute atomic E-state index is 0.167. The molecule has 1 aliphatic rings. The summed E-state index contributed by atoms with van der Waals surface area (Å²) in [7, 11) is 1.56. The molecule has 1 aliphatic heterocycles. The Hall–Kier alpha value is -3.09. The van der Waals surface area contributed by atoms with E-state index in [4.69, 9.17) is 18.6 Å². The minimum atomic E-state index is -1.44. The highest BCUT2D eigenvalue weighted by Crippen LogP contribution is 2.39. The fourth-order valence-corrected chi connectivity index (χ4v) is 5.84. The first kappa shape index (κ1) is 23.3. The first-order valence-electron chi connectivity index (χ1n) is 11.4. The molecule has 0 aliphatic carbocycles. The number of halogens is 2. The molecule has 8 nitrogen and oxygen atoms in total. The predicted molar refractivity (Wildman–Crippen MR) is 131 cm³/mol. The van der Waals surface area contributed by atoms with E-state index in [0.29, 0.717) is 75.3 Å². The second-order valence-electron chi connectivity index (χ2n) is 8.57. The van der Waals surface area contributed by atoms with Crippen molar-refractivity contribution in [3.8, 4) is 23.0 Å². The summed E-state index contributed by atoms with van der Waals surface area (Å²) in [6.07, 6.45) is 1.17. The molecule has 0 saturated carbocycles. The molecule has 1 aromatic carbocycles. The Bertz CT molecular complexity index is 1500. The number of methoxy groups -OCH3 is 1. The smallest absolute Gasteiger partial charge is 0.212 e. The van der Waals surface area contributed by atoms with Gasteiger partial charge in [-0.2, -0.15) is 5.10 Å². The van der Waals surface area contributed by atoms with Crippen LogP contribution in [0.5, 0.6) is 11.5 Å². The maximum Gasteiger partial charge on any atom is 0.212 e. The maximum atomic E-state index is 15.2. The second kappa shape index (κ2) is 9.09. The average Bonchev–Trinajstić information content (AvgIpc) is 3.65. The van der Waals surface area contributed by atoms with Crippen molar-refractivity contribution >= 4 is 38.6 Å². The van der Waals surface area contributed by atoms with E-state index < -0.39 is 11.8 Å². The maximum absolute atomic E-state index is 15.2. The molecule has 36 heavy (non-hydrogen) atoms. The number of imidazole rings is 1. The molecule has 0 radical (unpaired) electrons. The van der Waals surface area contributed by atoms with Crippen LogP contribution in [-0.2, 0) is 17.0 Å². The van der Waals surface area contributed by atoms with Crippen molar-refractivity contribution < 1.29 is 27.4 Å². The number of hydrogen-bond acceptors (Lipinski definition) is 9. The fourth-order valence-electron chi connectivity index (χ4n) is 4.08. The molecule has 5 aromatic rings. The quantitative estimate of drug-likeness (QED) is 0.245. The van der Waals surface area contributed by atoms with Crippen molar-refractivity contribution in [2.75, 3.05) is 20.3 Å². The Kier molecular flexibility index (Phi) is 5.89. The zero-order valence-corrected chi connectivity index (χ0v) is 21.1. The van der Waals surface area contributed by atoms with Crippen LogP contribution in [0.4, 0.5) is 8.78 Å². The van der Waals surface area contributed by atoms with Crippen molar-refractivity contribution in [1.29, 1.82) is 0 Å². The molecule has 0 N–H and O–H groups in total. The lowest BCUT2D eigenvalue weighted by Gasteiger charge is -2.27. The lowest BCUT2D eigenvalue weighted by molar-refractivity contribution is -0.0117. The summed E-state index contributed by atoms with van der Waals surface area (Å²) in [6, 6.07) is 5.37. The number of benzene rings is 1. The summed E-state index contributed by atoms with van der Waals surface area (Å²) in [5.74, 6) is 1.63. The van der Waals surface area contributed by atoms with Gasteiger partial charge in [-0.3, -0.25) is 0 Å². The summed E-state index contributed by atoms with van der Waals surface area (Å²) >= 11 is 2.50. The summed E-state index contributed by atoms with van der Waals surface area (Å²) in [6.45, 7) is 2.40. The standard InChI is InChI=1S/C24H22F2N4O4S2/c1-13(25)21-29-30-10-17(28-23(30)36-21)20-9-16-18(7-15(31-2)8-19(16)34-20)33-11-14-12-35-22(27-14)24(26)3-5-32-6-4-24/h7-10,12-13H,3-6,11H2,1-2H3. The first-order chi connectivity index (χ1) is 17.4. The number of hydrogen-bond donors (Lipinski definition) is 0. The molecular weight excluding hydrogens is 510 g/mol. The van der Waals surface area contributed by atoms with Crippen LogP contribution in [0.2, 0.25) is 0 Å². The fraction of sp³-hybridized carbons (Fsp3) is 0.375. The Morgan fingerprint density at radius 3 is 2.81 bits per heavy atom. The number of ether oxygens (including phenoxy) is 3. The van der Waals surface area contributed by atoms with Crippen LogP contribution in [-0.4, -0.2) is 39.9 Å². The zero-order valence-electron chi connectivity index (χ0n) is 19.5. The van der Waals surface area contributed by atoms with E-state index in [1.165, 1.54) is 29.6 Å². The molecule has 5 heterocycles. The van der Waals surface area contributed by atoms with Crippen molar-refractivity contribution in [1.82, 2.24) is 19.6 Å². The highest BCUT2D eigenvalue weighted by molar-refractivity contribution is 7.16. The van der Waals surface area contributed by atoms with Crippen molar-refractivity contribution in [3.05, 3.63) is 45.5 Å². The third-order valence-corrected chi connectivity index (χ3v) is 8.20. The van der Waals surface area contributed by atoms with E-state index in [-0.39, 0.29) is 6.61 Å². The molecule has 6 rings (SSSR count). The number of alkyl halides is 2. The van der Waals surface area contributed by atoms with E-state index in [0.717, 1.165) is 5.39 Å². The number of fused-ring (bicyclic) bond motifs is 2. The van der Waals surface area contributed by atoms with E-state index in [2.05, 4.69) is 15.1 Å². The van der Waals surface area contributed by atoms with Crippen molar-refractivity contribution in [2.45, 2.75) is 38.2 Å².